The Morgan fingerprint density at radius 1 is 1.32 bits per heavy atom. The van der Waals surface area contributed by atoms with Crippen LogP contribution in [0.4, 0.5) is 4.39 Å². The highest BCUT2D eigenvalue weighted by Crippen LogP contribution is 2.25. The van der Waals surface area contributed by atoms with Crippen LogP contribution in [0.15, 0.2) is 40.7 Å². The van der Waals surface area contributed by atoms with Crippen LogP contribution in [-0.4, -0.2) is 50.8 Å². The van der Waals surface area contributed by atoms with Gasteiger partial charge in [-0.2, -0.15) is 0 Å². The van der Waals surface area contributed by atoms with E-state index in [0.29, 0.717) is 11.5 Å². The molecule has 0 aliphatic carbocycles. The van der Waals surface area contributed by atoms with E-state index >= 15 is 0 Å². The number of nitrogens with one attached hydrogen (secondary N) is 2. The lowest BCUT2D eigenvalue weighted by Gasteiger charge is -2.34. The van der Waals surface area contributed by atoms with Gasteiger partial charge in [0.15, 0.2) is 5.96 Å². The summed E-state index contributed by atoms with van der Waals surface area (Å²) in [5.41, 5.74) is 1.55. The topological polar surface area (TPSA) is 48.9 Å². The average molecular weight is 405 g/mol. The van der Waals surface area contributed by atoms with Crippen molar-refractivity contribution in [2.24, 2.45) is 4.99 Å². The van der Waals surface area contributed by atoms with Gasteiger partial charge in [0, 0.05) is 31.6 Å². The summed E-state index contributed by atoms with van der Waals surface area (Å²) in [6.07, 6.45) is 0. The Kier molecular flexibility index (Phi) is 7.42. The molecule has 2 N–H and O–H groups in total. The predicted octanol–water partition coefficient (Wildman–Crippen LogP) is 3.50. The molecule has 0 bridgehead atoms. The van der Waals surface area contributed by atoms with E-state index in [1.165, 1.54) is 4.88 Å². The van der Waals surface area contributed by atoms with Crippen molar-refractivity contribution < 1.29 is 9.13 Å². The summed E-state index contributed by atoms with van der Waals surface area (Å²) in [5, 5.41) is 8.93. The standard InChI is InChI=1S/C21H29FN4OS/c1-15-6-7-17(13-18(15)22)16(2)25-21(23-3)24-14-19(20-5-4-12-28-20)26-8-10-27-11-9-26/h4-7,12-13,16,19H,8-11,14H2,1-3H3,(H2,23,24,25). The fraction of sp³-hybridized carbons (Fsp3) is 0.476. The number of ether oxygens (including phenoxy) is 1. The van der Waals surface area contributed by atoms with E-state index in [9.17, 15) is 4.39 Å². The Morgan fingerprint density at radius 3 is 2.75 bits per heavy atom. The maximum Gasteiger partial charge on any atom is 0.191 e. The zero-order valence-corrected chi connectivity index (χ0v) is 17.6. The molecule has 1 aliphatic rings. The van der Waals surface area contributed by atoms with Crippen molar-refractivity contribution in [2.45, 2.75) is 25.9 Å². The van der Waals surface area contributed by atoms with Crippen LogP contribution >= 0.6 is 11.3 Å². The minimum absolute atomic E-state index is 0.0510. The van der Waals surface area contributed by atoms with Crippen molar-refractivity contribution in [2.75, 3.05) is 39.9 Å². The third-order valence-electron chi connectivity index (χ3n) is 5.09. The van der Waals surface area contributed by atoms with E-state index in [2.05, 4.69) is 38.0 Å². The molecular formula is C21H29FN4OS. The van der Waals surface area contributed by atoms with Crippen LogP contribution in [0, 0.1) is 12.7 Å². The number of halogens is 1. The average Bonchev–Trinajstić information content (AvgIpc) is 3.24. The molecule has 0 radical (unpaired) electrons. The summed E-state index contributed by atoms with van der Waals surface area (Å²) in [6, 6.07) is 9.84. The fourth-order valence-electron chi connectivity index (χ4n) is 3.33. The van der Waals surface area contributed by atoms with Gasteiger partial charge in [-0.25, -0.2) is 4.39 Å². The number of aryl methyl sites for hydroxylation is 1. The van der Waals surface area contributed by atoms with Crippen LogP contribution in [-0.2, 0) is 4.74 Å². The lowest BCUT2D eigenvalue weighted by molar-refractivity contribution is 0.0177. The van der Waals surface area contributed by atoms with Crippen molar-refractivity contribution in [3.8, 4) is 0 Å². The van der Waals surface area contributed by atoms with Crippen molar-refractivity contribution in [1.82, 2.24) is 15.5 Å². The molecule has 1 aromatic carbocycles. The molecule has 2 heterocycles. The van der Waals surface area contributed by atoms with E-state index in [-0.39, 0.29) is 17.9 Å². The molecule has 1 fully saturated rings. The first kappa shape index (κ1) is 20.8. The van der Waals surface area contributed by atoms with Crippen LogP contribution in [0.1, 0.15) is 35.0 Å². The minimum Gasteiger partial charge on any atom is -0.379 e. The first-order chi connectivity index (χ1) is 13.6. The molecule has 1 aliphatic heterocycles. The Balaban J connectivity index is 1.63. The molecule has 2 atom stereocenters. The molecule has 5 nitrogen and oxygen atoms in total. The number of hydrogen-bond acceptors (Lipinski definition) is 4. The Bertz CT molecular complexity index is 775. The van der Waals surface area contributed by atoms with Gasteiger partial charge in [0.2, 0.25) is 0 Å². The number of thiophene rings is 1. The van der Waals surface area contributed by atoms with E-state index in [4.69, 9.17) is 4.74 Å². The van der Waals surface area contributed by atoms with Crippen LogP contribution in [0.5, 0.6) is 0 Å². The quantitative estimate of drug-likeness (QED) is 0.572. The Labute approximate surface area is 170 Å². The molecule has 2 unspecified atom stereocenters. The molecule has 2 aromatic rings. The number of nitrogens with zero attached hydrogens (tertiary/aromatic N) is 2. The predicted molar refractivity (Wildman–Crippen MR) is 114 cm³/mol. The van der Waals surface area contributed by atoms with Crippen molar-refractivity contribution >= 4 is 17.3 Å². The van der Waals surface area contributed by atoms with Gasteiger partial charge in [0.05, 0.1) is 25.3 Å². The molecule has 0 saturated carbocycles. The SMILES string of the molecule is CN=C(NCC(c1cccs1)N1CCOCC1)NC(C)c1ccc(C)c(F)c1. The van der Waals surface area contributed by atoms with Crippen molar-refractivity contribution in [1.29, 1.82) is 0 Å². The van der Waals surface area contributed by atoms with E-state index in [1.807, 2.05) is 19.1 Å². The molecule has 1 saturated heterocycles. The molecule has 152 valence electrons. The van der Waals surface area contributed by atoms with Gasteiger partial charge in [-0.3, -0.25) is 9.89 Å². The first-order valence-electron chi connectivity index (χ1n) is 9.67. The lowest BCUT2D eigenvalue weighted by Crippen LogP contribution is -2.46. The van der Waals surface area contributed by atoms with E-state index in [0.717, 1.165) is 38.4 Å². The normalized spacial score (nSPS) is 17.9. The Hall–Kier alpha value is -1.96. The van der Waals surface area contributed by atoms with Crippen molar-refractivity contribution in [3.05, 3.63) is 57.5 Å². The third kappa shape index (κ3) is 5.31. The fourth-order valence-corrected chi connectivity index (χ4v) is 4.20. The van der Waals surface area contributed by atoms with Gasteiger partial charge in [-0.05, 0) is 42.5 Å². The monoisotopic (exact) mass is 404 g/mol. The summed E-state index contributed by atoms with van der Waals surface area (Å²) in [5.74, 6) is 0.530. The third-order valence-corrected chi connectivity index (χ3v) is 6.07. The van der Waals surface area contributed by atoms with E-state index in [1.54, 1.807) is 31.4 Å². The van der Waals surface area contributed by atoms with Crippen LogP contribution < -0.4 is 10.6 Å². The summed E-state index contributed by atoms with van der Waals surface area (Å²) >= 11 is 1.77. The molecule has 3 rings (SSSR count). The number of benzene rings is 1. The number of aliphatic imine (C=N–C) groups is 1. The Morgan fingerprint density at radius 2 is 2.11 bits per heavy atom. The van der Waals surface area contributed by atoms with Crippen LogP contribution in [0.3, 0.4) is 0 Å². The highest BCUT2D eigenvalue weighted by atomic mass is 32.1. The molecular weight excluding hydrogens is 375 g/mol. The molecule has 0 amide bonds. The van der Waals surface area contributed by atoms with E-state index < -0.39 is 0 Å². The molecule has 28 heavy (non-hydrogen) atoms. The maximum absolute atomic E-state index is 13.9. The van der Waals surface area contributed by atoms with Gasteiger partial charge < -0.3 is 15.4 Å². The largest absolute Gasteiger partial charge is 0.379 e. The highest BCUT2D eigenvalue weighted by molar-refractivity contribution is 7.10. The lowest BCUT2D eigenvalue weighted by atomic mass is 10.1. The zero-order chi connectivity index (χ0) is 19.9. The number of hydrogen-bond donors (Lipinski definition) is 2. The van der Waals surface area contributed by atoms with Gasteiger partial charge >= 0.3 is 0 Å². The second-order valence-corrected chi connectivity index (χ2v) is 7.99. The number of guanidine groups is 1. The van der Waals surface area contributed by atoms with Crippen molar-refractivity contribution in [3.63, 3.8) is 0 Å². The summed E-state index contributed by atoms with van der Waals surface area (Å²) in [4.78, 5) is 8.14. The summed E-state index contributed by atoms with van der Waals surface area (Å²) in [7, 11) is 1.76. The number of rotatable bonds is 6. The highest BCUT2D eigenvalue weighted by Gasteiger charge is 2.23. The van der Waals surface area contributed by atoms with Gasteiger partial charge in [0.25, 0.3) is 0 Å². The van der Waals surface area contributed by atoms with Gasteiger partial charge in [-0.15, -0.1) is 11.3 Å². The summed E-state index contributed by atoms with van der Waals surface area (Å²) < 4.78 is 19.4. The maximum atomic E-state index is 13.9. The van der Waals surface area contributed by atoms with Crippen LogP contribution in [0.25, 0.3) is 0 Å². The second kappa shape index (κ2) is 10.0. The number of morpholine rings is 1. The summed E-state index contributed by atoms with van der Waals surface area (Å²) in [6.45, 7) is 7.92. The minimum atomic E-state index is -0.181. The zero-order valence-electron chi connectivity index (χ0n) is 16.7. The van der Waals surface area contributed by atoms with Gasteiger partial charge in [0.1, 0.15) is 5.82 Å². The first-order valence-corrected chi connectivity index (χ1v) is 10.5. The van der Waals surface area contributed by atoms with Crippen LogP contribution in [0.2, 0.25) is 0 Å². The molecule has 0 spiro atoms. The van der Waals surface area contributed by atoms with Gasteiger partial charge in [-0.1, -0.05) is 18.2 Å². The molecule has 7 heteroatoms. The molecule has 1 aromatic heterocycles. The smallest absolute Gasteiger partial charge is 0.191 e. The second-order valence-electron chi connectivity index (χ2n) is 7.01.